The van der Waals surface area contributed by atoms with Crippen LogP contribution in [0.5, 0.6) is 0 Å². The van der Waals surface area contributed by atoms with Crippen molar-refractivity contribution < 1.29 is 4.79 Å². The molecule has 6 aliphatic rings. The average Bonchev–Trinajstić information content (AvgIpc) is 1.61. The van der Waals surface area contributed by atoms with Gasteiger partial charge in [0.25, 0.3) is 0 Å². The van der Waals surface area contributed by atoms with Gasteiger partial charge >= 0.3 is 0 Å². The van der Waals surface area contributed by atoms with E-state index in [0.717, 1.165) is 213 Å². The Kier molecular flexibility index (Phi) is 17.4. The molecule has 0 unspecified atom stereocenters. The third-order valence-corrected chi connectivity index (χ3v) is 28.3. The second-order valence-electron chi connectivity index (χ2n) is 35.2. The number of benzene rings is 18. The van der Waals surface area contributed by atoms with E-state index in [1.165, 1.54) is 0 Å². The van der Waals surface area contributed by atoms with E-state index in [9.17, 15) is 21.0 Å². The lowest BCUT2D eigenvalue weighted by molar-refractivity contribution is 0.103. The molecule has 3 spiro atoms. The number of para-hydroxylation sites is 3. The predicted molar refractivity (Wildman–Crippen MR) is 525 cm³/mol. The highest BCUT2D eigenvalue weighted by Crippen LogP contribution is 2.69. The molecule has 2 aliphatic heterocycles. The van der Waals surface area contributed by atoms with Crippen LogP contribution >= 0.6 is 0 Å². The standard InChI is InChI=1S/C122H78N8O/c1-75-37-48-86(49-38-75)127(87-50-39-76(2)40-51-87)91-56-59-93-94-60-57-92(128(88-52-41-77(3)42-53-88)89-54-43-78(4)44-55-89)70-110(94)122(109(93)69-91)108-64-79(71-123)45-58-97(108)118-100(63-80(72-124)65-112(118)122)83-47-62-115-111(67-83)121(103-31-14-10-27-98(103)119(131)99-28-11-15-32-104(99)121)107-61-46-82(68-116(107)129(115)85-22-6-5-7-23-85)81-21-20-24-90(66-81)130-113-35-18-16-33-105(113)120(106-34-17-19-36-114(106)130)101-29-12-8-25-95(101)117(84(73-125)74-126)96-26-9-13-30-102(96)120/h5-70H,1-4H3. The Morgan fingerprint density at radius 3 is 1.15 bits per heavy atom. The van der Waals surface area contributed by atoms with E-state index in [-0.39, 0.29) is 11.4 Å². The Labute approximate surface area is 761 Å². The van der Waals surface area contributed by atoms with Crippen LogP contribution in [-0.2, 0) is 16.2 Å². The smallest absolute Gasteiger partial charge is 0.193 e. The number of nitrogens with zero attached hydrogens (tertiary/aromatic N) is 8. The van der Waals surface area contributed by atoms with Crippen LogP contribution < -0.4 is 19.6 Å². The molecule has 612 valence electrons. The van der Waals surface area contributed by atoms with Crippen LogP contribution in [0.15, 0.2) is 406 Å². The maximum Gasteiger partial charge on any atom is 0.193 e. The van der Waals surface area contributed by atoms with E-state index < -0.39 is 16.2 Å². The summed E-state index contributed by atoms with van der Waals surface area (Å²) in [4.78, 5) is 25.2. The van der Waals surface area contributed by atoms with Crippen molar-refractivity contribution in [2.24, 2.45) is 0 Å². The fraction of sp³-hybridized carbons (Fsp3) is 0.0574. The van der Waals surface area contributed by atoms with Gasteiger partial charge in [-0.15, -0.1) is 0 Å². The molecule has 18 aromatic rings. The molecule has 0 saturated heterocycles. The molecule has 0 amide bonds. The number of hydrogen-bond donors (Lipinski definition) is 0. The molecule has 9 heteroatoms. The van der Waals surface area contributed by atoms with E-state index in [4.69, 9.17) is 0 Å². The van der Waals surface area contributed by atoms with Crippen LogP contribution in [0.4, 0.5) is 68.2 Å². The highest BCUT2D eigenvalue weighted by Gasteiger charge is 2.57. The maximum absolute atomic E-state index is 15.8. The third kappa shape index (κ3) is 11.1. The minimum atomic E-state index is -1.17. The van der Waals surface area contributed by atoms with Crippen molar-refractivity contribution in [2.75, 3.05) is 19.6 Å². The van der Waals surface area contributed by atoms with Gasteiger partial charge in [0.15, 0.2) is 5.78 Å². The highest BCUT2D eigenvalue weighted by atomic mass is 16.1. The average molecular weight is 1670 g/mol. The van der Waals surface area contributed by atoms with Crippen LogP contribution in [0.25, 0.3) is 50.1 Å². The number of allylic oxidation sites excluding steroid dienone is 1. The van der Waals surface area contributed by atoms with Crippen LogP contribution in [-0.4, -0.2) is 5.78 Å². The molecule has 4 aliphatic carbocycles. The lowest BCUT2D eigenvalue weighted by Crippen LogP contribution is -2.42. The van der Waals surface area contributed by atoms with Gasteiger partial charge in [0.1, 0.15) is 17.7 Å². The van der Waals surface area contributed by atoms with Crippen LogP contribution in [0.1, 0.15) is 127 Å². The fourth-order valence-corrected chi connectivity index (χ4v) is 22.7. The first-order chi connectivity index (χ1) is 64.3. The summed E-state index contributed by atoms with van der Waals surface area (Å²) in [6.07, 6.45) is 0. The fourth-order valence-electron chi connectivity index (χ4n) is 22.7. The second-order valence-corrected chi connectivity index (χ2v) is 35.2. The van der Waals surface area contributed by atoms with Gasteiger partial charge in [-0.05, 0) is 302 Å². The van der Waals surface area contributed by atoms with Crippen molar-refractivity contribution in [2.45, 2.75) is 43.9 Å². The summed E-state index contributed by atoms with van der Waals surface area (Å²) in [7, 11) is 0. The summed E-state index contributed by atoms with van der Waals surface area (Å²) in [6.45, 7) is 8.47. The molecular formula is C122H78N8O. The maximum atomic E-state index is 15.8. The number of rotatable bonds is 10. The molecule has 0 saturated carbocycles. The zero-order valence-corrected chi connectivity index (χ0v) is 72.1. The number of hydrogen-bond acceptors (Lipinski definition) is 9. The monoisotopic (exact) mass is 1670 g/mol. The summed E-state index contributed by atoms with van der Waals surface area (Å²) in [5, 5.41) is 44.9. The third-order valence-electron chi connectivity index (χ3n) is 28.3. The summed E-state index contributed by atoms with van der Waals surface area (Å²) < 4.78 is 0. The number of nitriles is 4. The molecule has 0 radical (unpaired) electrons. The molecule has 0 atom stereocenters. The first-order valence-electron chi connectivity index (χ1n) is 44.4. The summed E-state index contributed by atoms with van der Waals surface area (Å²) in [5.41, 5.74) is 36.6. The van der Waals surface area contributed by atoms with Gasteiger partial charge in [0.2, 0.25) is 0 Å². The zero-order valence-electron chi connectivity index (χ0n) is 72.1. The van der Waals surface area contributed by atoms with E-state index in [2.05, 4.69) is 429 Å². The van der Waals surface area contributed by atoms with Crippen molar-refractivity contribution in [3.63, 3.8) is 0 Å². The van der Waals surface area contributed by atoms with Crippen LogP contribution in [0.2, 0.25) is 0 Å². The molecule has 131 heavy (non-hydrogen) atoms. The van der Waals surface area contributed by atoms with Gasteiger partial charge in [-0.25, -0.2) is 0 Å². The Balaban J connectivity index is 0.731. The minimum Gasteiger partial charge on any atom is -0.310 e. The number of aryl methyl sites for hydroxylation is 4. The normalized spacial score (nSPS) is 13.8. The summed E-state index contributed by atoms with van der Waals surface area (Å²) in [5.74, 6) is -0.0549. The van der Waals surface area contributed by atoms with E-state index in [0.29, 0.717) is 27.8 Å². The van der Waals surface area contributed by atoms with Gasteiger partial charge in [0, 0.05) is 62.2 Å². The summed E-state index contributed by atoms with van der Waals surface area (Å²) >= 11 is 0. The molecule has 18 aromatic carbocycles. The van der Waals surface area contributed by atoms with Crippen molar-refractivity contribution in [3.8, 4) is 68.8 Å². The highest BCUT2D eigenvalue weighted by molar-refractivity contribution is 6.15. The summed E-state index contributed by atoms with van der Waals surface area (Å²) in [6, 6.07) is 153. The predicted octanol–water partition coefficient (Wildman–Crippen LogP) is 29.3. The lowest BCUT2D eigenvalue weighted by Gasteiger charge is -2.49. The van der Waals surface area contributed by atoms with Gasteiger partial charge in [-0.3, -0.25) is 4.79 Å². The van der Waals surface area contributed by atoms with Gasteiger partial charge in [-0.1, -0.05) is 271 Å². The molecule has 0 aromatic heterocycles. The molecule has 0 bridgehead atoms. The van der Waals surface area contributed by atoms with Gasteiger partial charge < -0.3 is 19.6 Å². The van der Waals surface area contributed by atoms with Crippen molar-refractivity contribution in [1.82, 2.24) is 0 Å². The molecule has 0 N–H and O–H groups in total. The van der Waals surface area contributed by atoms with E-state index in [1.54, 1.807) is 0 Å². The number of carbonyl (C=O) groups excluding carboxylic acids is 1. The van der Waals surface area contributed by atoms with Crippen molar-refractivity contribution in [1.29, 1.82) is 21.0 Å². The number of ketones is 1. The lowest BCUT2D eigenvalue weighted by atomic mass is 9.56. The Morgan fingerprint density at radius 2 is 0.641 bits per heavy atom. The topological polar surface area (TPSA) is 125 Å². The molecule has 0 fully saturated rings. The quantitative estimate of drug-likeness (QED) is 0.123. The first-order valence-corrected chi connectivity index (χ1v) is 44.4. The van der Waals surface area contributed by atoms with Gasteiger partial charge in [-0.2, -0.15) is 21.0 Å². The van der Waals surface area contributed by atoms with E-state index >= 15 is 4.79 Å². The second kappa shape index (κ2) is 29.6. The Morgan fingerprint density at radius 1 is 0.252 bits per heavy atom. The SMILES string of the molecule is Cc1ccc(N(c2ccc(C)cc2)c2ccc3c(c2)C2(c4cc(N(c5ccc(C)cc5)c5ccc(C)cc5)ccc4-3)c3cc(C#N)ccc3-c3c(-c4ccc5c(c4)C4(c6ccccc6C(=O)c6ccccc64)c4ccc(-c6cccc(N7c8ccccc8C8(c9ccccc9C(=C(C#N)C#N)c9ccccc98)c8ccccc87)c6)cc4N5c4ccccc4)cc(C#N)cc32)cc1. The number of fused-ring (bicyclic) bond motifs is 26. The van der Waals surface area contributed by atoms with Crippen molar-refractivity contribution >= 4 is 79.6 Å². The Bertz CT molecular complexity index is 7770. The Hall–Kier alpha value is -17.5. The van der Waals surface area contributed by atoms with Gasteiger partial charge in [0.05, 0.1) is 62.3 Å². The van der Waals surface area contributed by atoms with Crippen LogP contribution in [0, 0.1) is 73.0 Å². The number of anilines is 12. The largest absolute Gasteiger partial charge is 0.310 e. The zero-order chi connectivity index (χ0) is 88.3. The minimum absolute atomic E-state index is 0.0549. The van der Waals surface area contributed by atoms with Crippen LogP contribution in [0.3, 0.4) is 0 Å². The molecule has 24 rings (SSSR count). The molecule has 9 nitrogen and oxygen atoms in total. The molecular weight excluding hydrogens is 1590 g/mol. The van der Waals surface area contributed by atoms with Crippen molar-refractivity contribution in [3.05, 3.63) is 528 Å². The number of carbonyl (C=O) groups is 1. The van der Waals surface area contributed by atoms with E-state index in [1.807, 2.05) is 42.5 Å². The first kappa shape index (κ1) is 77.1. The molecule has 2 heterocycles.